The molecule has 2 nitrogen and oxygen atoms in total. The zero-order chi connectivity index (χ0) is 9.54. The molecular formula is C11H7FN2. The molecule has 0 amide bonds. The number of nitrogens with one attached hydrogen (secondary N) is 1. The van der Waals surface area contributed by atoms with Gasteiger partial charge in [0.25, 0.3) is 0 Å². The maximum atomic E-state index is 13.5. The lowest BCUT2D eigenvalue weighted by Gasteiger charge is -1.91. The Hall–Kier alpha value is -1.90. The average molecular weight is 186 g/mol. The average Bonchev–Trinajstić information content (AvgIpc) is 2.57. The van der Waals surface area contributed by atoms with Crippen LogP contribution in [0.15, 0.2) is 36.5 Å². The van der Waals surface area contributed by atoms with Crippen molar-refractivity contribution >= 4 is 21.9 Å². The Bertz CT molecular complexity index is 613. The molecule has 0 unspecified atom stereocenters. The van der Waals surface area contributed by atoms with Crippen molar-refractivity contribution in [3.05, 3.63) is 42.3 Å². The first-order valence-corrected chi connectivity index (χ1v) is 4.37. The molecule has 0 bridgehead atoms. The number of hydrogen-bond donors (Lipinski definition) is 1. The van der Waals surface area contributed by atoms with Crippen LogP contribution < -0.4 is 0 Å². The third-order valence-electron chi connectivity index (χ3n) is 2.34. The van der Waals surface area contributed by atoms with Crippen LogP contribution in [0.4, 0.5) is 4.39 Å². The van der Waals surface area contributed by atoms with Gasteiger partial charge in [-0.1, -0.05) is 6.07 Å². The van der Waals surface area contributed by atoms with Crippen molar-refractivity contribution in [2.24, 2.45) is 0 Å². The number of pyridine rings is 1. The van der Waals surface area contributed by atoms with Gasteiger partial charge in [0.15, 0.2) is 0 Å². The Labute approximate surface area is 79.4 Å². The molecule has 0 atom stereocenters. The molecule has 3 heteroatoms. The van der Waals surface area contributed by atoms with E-state index < -0.39 is 0 Å². The van der Waals surface area contributed by atoms with Crippen molar-refractivity contribution < 1.29 is 4.39 Å². The topological polar surface area (TPSA) is 28.7 Å². The third kappa shape index (κ3) is 0.865. The van der Waals surface area contributed by atoms with E-state index in [-0.39, 0.29) is 5.82 Å². The van der Waals surface area contributed by atoms with Crippen molar-refractivity contribution in [2.45, 2.75) is 0 Å². The molecular weight excluding hydrogens is 179 g/mol. The van der Waals surface area contributed by atoms with E-state index in [1.165, 1.54) is 6.07 Å². The number of halogens is 1. The molecule has 0 saturated carbocycles. The Morgan fingerprint density at radius 2 is 2.07 bits per heavy atom. The van der Waals surface area contributed by atoms with E-state index in [9.17, 15) is 4.39 Å². The number of benzene rings is 1. The number of aromatic nitrogens is 2. The fourth-order valence-corrected chi connectivity index (χ4v) is 1.74. The van der Waals surface area contributed by atoms with Crippen LogP contribution in [-0.2, 0) is 0 Å². The van der Waals surface area contributed by atoms with E-state index in [0.717, 1.165) is 16.6 Å². The van der Waals surface area contributed by atoms with Gasteiger partial charge in [-0.3, -0.25) is 0 Å². The first-order valence-electron chi connectivity index (χ1n) is 4.37. The van der Waals surface area contributed by atoms with E-state index >= 15 is 0 Å². The molecule has 1 N–H and O–H groups in total. The van der Waals surface area contributed by atoms with E-state index in [1.54, 1.807) is 12.3 Å². The molecule has 0 saturated heterocycles. The highest BCUT2D eigenvalue weighted by atomic mass is 19.1. The predicted octanol–water partition coefficient (Wildman–Crippen LogP) is 2.86. The molecule has 1 aromatic carbocycles. The molecule has 0 fully saturated rings. The largest absolute Gasteiger partial charge is 0.339 e. The second-order valence-electron chi connectivity index (χ2n) is 3.19. The molecule has 68 valence electrons. The van der Waals surface area contributed by atoms with Crippen molar-refractivity contribution in [2.75, 3.05) is 0 Å². The Morgan fingerprint density at radius 3 is 3.00 bits per heavy atom. The van der Waals surface area contributed by atoms with Gasteiger partial charge in [0.2, 0.25) is 0 Å². The minimum Gasteiger partial charge on any atom is -0.339 e. The van der Waals surface area contributed by atoms with E-state index in [2.05, 4.69) is 9.97 Å². The maximum Gasteiger partial charge on any atom is 0.138 e. The van der Waals surface area contributed by atoms with Gasteiger partial charge in [-0.25, -0.2) is 9.37 Å². The number of hydrogen-bond acceptors (Lipinski definition) is 1. The SMILES string of the molecule is Fc1cccc2[nH]c3ncccc3c12. The summed E-state index contributed by atoms with van der Waals surface area (Å²) in [6.45, 7) is 0. The number of aromatic amines is 1. The lowest BCUT2D eigenvalue weighted by atomic mass is 10.2. The first-order chi connectivity index (χ1) is 6.86. The van der Waals surface area contributed by atoms with Crippen LogP contribution in [-0.4, -0.2) is 9.97 Å². The predicted molar refractivity (Wildman–Crippen MR) is 53.6 cm³/mol. The van der Waals surface area contributed by atoms with Gasteiger partial charge < -0.3 is 4.98 Å². The summed E-state index contributed by atoms with van der Waals surface area (Å²) in [6.07, 6.45) is 1.69. The molecule has 0 radical (unpaired) electrons. The van der Waals surface area contributed by atoms with Crippen molar-refractivity contribution in [1.82, 2.24) is 9.97 Å². The smallest absolute Gasteiger partial charge is 0.138 e. The number of H-pyrrole nitrogens is 1. The van der Waals surface area contributed by atoms with Crippen LogP contribution in [0.25, 0.3) is 21.9 Å². The summed E-state index contributed by atoms with van der Waals surface area (Å²) in [5.74, 6) is -0.207. The highest BCUT2D eigenvalue weighted by Gasteiger charge is 2.07. The summed E-state index contributed by atoms with van der Waals surface area (Å²) in [7, 11) is 0. The lowest BCUT2D eigenvalue weighted by molar-refractivity contribution is 0.640. The lowest BCUT2D eigenvalue weighted by Crippen LogP contribution is -1.74. The number of nitrogens with zero attached hydrogens (tertiary/aromatic N) is 1. The summed E-state index contributed by atoms with van der Waals surface area (Å²) in [5.41, 5.74) is 1.52. The first kappa shape index (κ1) is 7.50. The zero-order valence-corrected chi connectivity index (χ0v) is 7.29. The second kappa shape index (κ2) is 2.54. The van der Waals surface area contributed by atoms with Gasteiger partial charge in [0.1, 0.15) is 11.5 Å². The van der Waals surface area contributed by atoms with E-state index in [4.69, 9.17) is 0 Å². The van der Waals surface area contributed by atoms with Crippen LogP contribution in [0.3, 0.4) is 0 Å². The molecule has 0 aliphatic rings. The summed E-state index contributed by atoms with van der Waals surface area (Å²) >= 11 is 0. The maximum absolute atomic E-state index is 13.5. The van der Waals surface area contributed by atoms with Crippen LogP contribution in [0.2, 0.25) is 0 Å². The summed E-state index contributed by atoms with van der Waals surface area (Å²) in [4.78, 5) is 7.20. The normalized spacial score (nSPS) is 11.2. The second-order valence-corrected chi connectivity index (χ2v) is 3.19. The highest BCUT2D eigenvalue weighted by molar-refractivity contribution is 6.05. The molecule has 2 heterocycles. The van der Waals surface area contributed by atoms with Gasteiger partial charge in [-0.05, 0) is 24.3 Å². The van der Waals surface area contributed by atoms with Crippen LogP contribution >= 0.6 is 0 Å². The Kier molecular flexibility index (Phi) is 1.36. The molecule has 0 spiro atoms. The standard InChI is InChI=1S/C11H7FN2/c12-8-4-1-5-9-10(8)7-3-2-6-13-11(7)14-9/h1-6H,(H,13,14). The van der Waals surface area contributed by atoms with E-state index in [1.807, 2.05) is 18.2 Å². The van der Waals surface area contributed by atoms with Crippen LogP contribution in [0.1, 0.15) is 0 Å². The quantitative estimate of drug-likeness (QED) is 0.574. The minimum atomic E-state index is -0.207. The van der Waals surface area contributed by atoms with Crippen molar-refractivity contribution in [3.63, 3.8) is 0 Å². The van der Waals surface area contributed by atoms with Gasteiger partial charge in [0.05, 0.1) is 5.52 Å². The summed E-state index contributed by atoms with van der Waals surface area (Å²) in [5, 5.41) is 1.45. The van der Waals surface area contributed by atoms with Gasteiger partial charge in [-0.2, -0.15) is 0 Å². The number of rotatable bonds is 0. The van der Waals surface area contributed by atoms with Gasteiger partial charge in [-0.15, -0.1) is 0 Å². The molecule has 3 rings (SSSR count). The third-order valence-corrected chi connectivity index (χ3v) is 2.34. The molecule has 0 aliphatic heterocycles. The summed E-state index contributed by atoms with van der Waals surface area (Å²) < 4.78 is 13.5. The minimum absolute atomic E-state index is 0.207. The van der Waals surface area contributed by atoms with Gasteiger partial charge >= 0.3 is 0 Å². The van der Waals surface area contributed by atoms with Crippen LogP contribution in [0, 0.1) is 5.82 Å². The van der Waals surface area contributed by atoms with Crippen molar-refractivity contribution in [1.29, 1.82) is 0 Å². The molecule has 3 aromatic rings. The zero-order valence-electron chi connectivity index (χ0n) is 7.29. The van der Waals surface area contributed by atoms with Gasteiger partial charge in [0, 0.05) is 17.0 Å². The number of fused-ring (bicyclic) bond motifs is 3. The van der Waals surface area contributed by atoms with Crippen LogP contribution in [0.5, 0.6) is 0 Å². The fourth-order valence-electron chi connectivity index (χ4n) is 1.74. The molecule has 2 aromatic heterocycles. The molecule has 14 heavy (non-hydrogen) atoms. The molecule has 0 aliphatic carbocycles. The van der Waals surface area contributed by atoms with E-state index in [0.29, 0.717) is 5.39 Å². The fraction of sp³-hybridized carbons (Fsp3) is 0. The Balaban J connectivity index is 2.65. The van der Waals surface area contributed by atoms with Crippen molar-refractivity contribution in [3.8, 4) is 0 Å². The summed E-state index contributed by atoms with van der Waals surface area (Å²) in [6, 6.07) is 8.67. The highest BCUT2D eigenvalue weighted by Crippen LogP contribution is 2.25. The monoisotopic (exact) mass is 186 g/mol. The Morgan fingerprint density at radius 1 is 1.14 bits per heavy atom.